The van der Waals surface area contributed by atoms with Crippen molar-refractivity contribution in [2.75, 3.05) is 7.11 Å². The van der Waals surface area contributed by atoms with Gasteiger partial charge >= 0.3 is 5.97 Å². The molecule has 0 spiro atoms. The summed E-state index contributed by atoms with van der Waals surface area (Å²) in [6.07, 6.45) is -2.45. The van der Waals surface area contributed by atoms with Crippen molar-refractivity contribution in [2.45, 2.75) is 26.2 Å². The average Bonchev–Trinajstić information content (AvgIpc) is 2.37. The number of halogens is 2. The van der Waals surface area contributed by atoms with Crippen molar-refractivity contribution in [2.24, 2.45) is 0 Å². The van der Waals surface area contributed by atoms with Gasteiger partial charge in [-0.05, 0) is 23.6 Å². The van der Waals surface area contributed by atoms with Crippen molar-refractivity contribution in [3.8, 4) is 6.07 Å². The molecule has 5 heteroatoms. The van der Waals surface area contributed by atoms with E-state index in [-0.39, 0.29) is 17.5 Å². The molecule has 0 unspecified atom stereocenters. The van der Waals surface area contributed by atoms with E-state index in [4.69, 9.17) is 5.26 Å². The van der Waals surface area contributed by atoms with Crippen LogP contribution < -0.4 is 0 Å². The zero-order valence-electron chi connectivity index (χ0n) is 10.2. The number of nitrogens with zero attached hydrogens (tertiary/aromatic N) is 1. The van der Waals surface area contributed by atoms with Crippen LogP contribution in [0.1, 0.15) is 35.6 Å². The molecule has 0 N–H and O–H groups in total. The molecule has 1 aromatic carbocycles. The predicted octanol–water partition coefficient (Wildman–Crippen LogP) is 2.77. The first-order chi connectivity index (χ1) is 8.54. The van der Waals surface area contributed by atoms with Crippen LogP contribution in [-0.2, 0) is 22.4 Å². The van der Waals surface area contributed by atoms with Gasteiger partial charge in [-0.1, -0.05) is 13.0 Å². The van der Waals surface area contributed by atoms with Crippen LogP contribution in [0.25, 0.3) is 0 Å². The highest BCUT2D eigenvalue weighted by Crippen LogP contribution is 2.28. The van der Waals surface area contributed by atoms with E-state index in [1.807, 2.05) is 6.07 Å². The van der Waals surface area contributed by atoms with E-state index >= 15 is 0 Å². The van der Waals surface area contributed by atoms with Crippen LogP contribution in [0.2, 0.25) is 0 Å². The highest BCUT2D eigenvalue weighted by molar-refractivity contribution is 5.74. The van der Waals surface area contributed by atoms with Gasteiger partial charge in [-0.15, -0.1) is 0 Å². The fourth-order valence-electron chi connectivity index (χ4n) is 1.86. The Morgan fingerprint density at radius 1 is 1.44 bits per heavy atom. The van der Waals surface area contributed by atoms with Gasteiger partial charge in [-0.3, -0.25) is 4.79 Å². The third-order valence-corrected chi connectivity index (χ3v) is 2.73. The smallest absolute Gasteiger partial charge is 0.310 e. The average molecular weight is 253 g/mol. The van der Waals surface area contributed by atoms with Gasteiger partial charge in [-0.2, -0.15) is 5.26 Å². The zero-order chi connectivity index (χ0) is 13.7. The molecule has 0 bridgehead atoms. The summed E-state index contributed by atoms with van der Waals surface area (Å²) in [6.45, 7) is 1.71. The molecular weight excluding hydrogens is 240 g/mol. The molecule has 0 radical (unpaired) electrons. The van der Waals surface area contributed by atoms with Crippen molar-refractivity contribution in [1.29, 1.82) is 5.26 Å². The fourth-order valence-corrected chi connectivity index (χ4v) is 1.86. The molecule has 0 atom stereocenters. The van der Waals surface area contributed by atoms with E-state index in [0.717, 1.165) is 0 Å². The summed E-state index contributed by atoms with van der Waals surface area (Å²) < 4.78 is 30.2. The van der Waals surface area contributed by atoms with Gasteiger partial charge in [0.25, 0.3) is 6.43 Å². The van der Waals surface area contributed by atoms with Gasteiger partial charge < -0.3 is 4.74 Å². The Morgan fingerprint density at radius 2 is 2.11 bits per heavy atom. The summed E-state index contributed by atoms with van der Waals surface area (Å²) in [4.78, 5) is 11.3. The Morgan fingerprint density at radius 3 is 2.56 bits per heavy atom. The number of methoxy groups -OCH3 is 1. The summed E-state index contributed by atoms with van der Waals surface area (Å²) in [7, 11) is 1.22. The standard InChI is InChI=1S/C13H13F2NO2/c1-3-9-10(13(14)15)5-4-8(7-16)11(9)6-12(17)18-2/h4-5,13H,3,6H2,1-2H3. The van der Waals surface area contributed by atoms with E-state index in [0.29, 0.717) is 17.5 Å². The second kappa shape index (κ2) is 6.10. The lowest BCUT2D eigenvalue weighted by Gasteiger charge is -2.14. The number of esters is 1. The van der Waals surface area contributed by atoms with Gasteiger partial charge in [0.15, 0.2) is 0 Å². The number of ether oxygens (including phenoxy) is 1. The molecule has 18 heavy (non-hydrogen) atoms. The summed E-state index contributed by atoms with van der Waals surface area (Å²) in [5, 5.41) is 8.96. The first kappa shape index (κ1) is 14.1. The number of hydrogen-bond acceptors (Lipinski definition) is 3. The van der Waals surface area contributed by atoms with Gasteiger partial charge in [0, 0.05) is 5.56 Å². The molecule has 0 aliphatic heterocycles. The molecule has 0 aliphatic carbocycles. The van der Waals surface area contributed by atoms with Crippen LogP contribution in [0.5, 0.6) is 0 Å². The van der Waals surface area contributed by atoms with Gasteiger partial charge in [0.1, 0.15) is 0 Å². The minimum absolute atomic E-state index is 0.129. The second-order valence-electron chi connectivity index (χ2n) is 3.68. The number of nitriles is 1. The maximum absolute atomic E-state index is 12.9. The quantitative estimate of drug-likeness (QED) is 0.775. The summed E-state index contributed by atoms with van der Waals surface area (Å²) in [5.74, 6) is -0.549. The number of benzene rings is 1. The van der Waals surface area contributed by atoms with Crippen molar-refractivity contribution in [1.82, 2.24) is 0 Å². The molecule has 0 saturated carbocycles. The lowest BCUT2D eigenvalue weighted by Crippen LogP contribution is -2.10. The maximum Gasteiger partial charge on any atom is 0.310 e. The fraction of sp³-hybridized carbons (Fsp3) is 0.385. The van der Waals surface area contributed by atoms with E-state index in [1.165, 1.54) is 19.2 Å². The summed E-state index contributed by atoms with van der Waals surface area (Å²) >= 11 is 0. The minimum Gasteiger partial charge on any atom is -0.469 e. The summed E-state index contributed by atoms with van der Waals surface area (Å²) in [6, 6.07) is 4.47. The topological polar surface area (TPSA) is 50.1 Å². The molecule has 96 valence electrons. The molecule has 0 amide bonds. The van der Waals surface area contributed by atoms with E-state index in [1.54, 1.807) is 6.92 Å². The molecule has 1 rings (SSSR count). The van der Waals surface area contributed by atoms with E-state index in [2.05, 4.69) is 4.74 Å². The molecule has 0 aromatic heterocycles. The molecule has 0 aliphatic rings. The number of hydrogen-bond donors (Lipinski definition) is 0. The highest BCUT2D eigenvalue weighted by atomic mass is 19.3. The molecule has 1 aromatic rings. The lowest BCUT2D eigenvalue weighted by atomic mass is 9.92. The van der Waals surface area contributed by atoms with Crippen molar-refractivity contribution < 1.29 is 18.3 Å². The van der Waals surface area contributed by atoms with Crippen LogP contribution >= 0.6 is 0 Å². The Hall–Kier alpha value is -1.96. The molecule has 0 saturated heterocycles. The Kier molecular flexibility index (Phi) is 4.78. The van der Waals surface area contributed by atoms with Crippen LogP contribution in [0.3, 0.4) is 0 Å². The summed E-state index contributed by atoms with van der Waals surface area (Å²) in [5.41, 5.74) is 0.802. The van der Waals surface area contributed by atoms with Crippen LogP contribution in [0, 0.1) is 11.3 Å². The minimum atomic E-state index is -2.62. The third-order valence-electron chi connectivity index (χ3n) is 2.73. The SMILES string of the molecule is CCc1c(C(F)F)ccc(C#N)c1CC(=O)OC. The Balaban J connectivity index is 3.38. The number of rotatable bonds is 4. The largest absolute Gasteiger partial charge is 0.469 e. The number of alkyl halides is 2. The van der Waals surface area contributed by atoms with Crippen LogP contribution in [0.15, 0.2) is 12.1 Å². The number of carbonyl (C=O) groups is 1. The maximum atomic E-state index is 12.9. The first-order valence-electron chi connectivity index (χ1n) is 5.44. The van der Waals surface area contributed by atoms with Gasteiger partial charge in [0.2, 0.25) is 0 Å². The predicted molar refractivity (Wildman–Crippen MR) is 61.2 cm³/mol. The van der Waals surface area contributed by atoms with Crippen LogP contribution in [0.4, 0.5) is 8.78 Å². The Bertz CT molecular complexity index is 492. The van der Waals surface area contributed by atoms with Gasteiger partial charge in [0.05, 0.1) is 25.2 Å². The molecule has 0 fully saturated rings. The lowest BCUT2D eigenvalue weighted by molar-refractivity contribution is -0.139. The number of carbonyl (C=O) groups excluding carboxylic acids is 1. The Labute approximate surface area is 104 Å². The monoisotopic (exact) mass is 253 g/mol. The molecular formula is C13H13F2NO2. The highest BCUT2D eigenvalue weighted by Gasteiger charge is 2.19. The molecule has 0 heterocycles. The second-order valence-corrected chi connectivity index (χ2v) is 3.68. The van der Waals surface area contributed by atoms with Gasteiger partial charge in [-0.25, -0.2) is 8.78 Å². The van der Waals surface area contributed by atoms with Crippen molar-refractivity contribution in [3.05, 3.63) is 34.4 Å². The van der Waals surface area contributed by atoms with E-state index < -0.39 is 12.4 Å². The first-order valence-corrected chi connectivity index (χ1v) is 5.44. The third kappa shape index (κ3) is 2.83. The van der Waals surface area contributed by atoms with Crippen LogP contribution in [-0.4, -0.2) is 13.1 Å². The normalized spacial score (nSPS) is 10.2. The zero-order valence-corrected chi connectivity index (χ0v) is 10.2. The van der Waals surface area contributed by atoms with Crippen molar-refractivity contribution in [3.63, 3.8) is 0 Å². The molecule has 3 nitrogen and oxygen atoms in total. The van der Waals surface area contributed by atoms with Crippen molar-refractivity contribution >= 4 is 5.97 Å². The van der Waals surface area contributed by atoms with E-state index in [9.17, 15) is 13.6 Å².